The monoisotopic (exact) mass is 550 g/mol. The zero-order valence-electron chi connectivity index (χ0n) is 22.1. The highest BCUT2D eigenvalue weighted by molar-refractivity contribution is 7.92. The standard InChI is InChI=1S/C29H32N3O6S/c1-28(39(2,36)37,26(30)38-25(34)12-11-22-8-4-3-5-9-22)16-17-31-20-24-18-23(19-32(24)27(31)35)10-6-7-13-29(21-33)14-15-29/h3-5,8,18-19,26,33H,11-12,14-17,20-21,30H2,1-2H3/t26-,28-/m1/s1. The van der Waals surface area contributed by atoms with E-state index in [2.05, 4.69) is 29.7 Å². The van der Waals surface area contributed by atoms with Gasteiger partial charge in [0.1, 0.15) is 4.75 Å². The maximum atomic E-state index is 13.0. The highest BCUT2D eigenvalue weighted by Gasteiger charge is 2.45. The van der Waals surface area contributed by atoms with E-state index in [4.69, 9.17) is 10.5 Å². The number of aliphatic hydroxyl groups excluding tert-OH is 1. The van der Waals surface area contributed by atoms with Crippen LogP contribution in [0.15, 0.2) is 36.5 Å². The summed E-state index contributed by atoms with van der Waals surface area (Å²) in [5.41, 5.74) is 8.03. The minimum absolute atomic E-state index is 0.0157. The Kier molecular flexibility index (Phi) is 8.22. The summed E-state index contributed by atoms with van der Waals surface area (Å²) in [5, 5.41) is 9.31. The molecule has 2 atom stereocenters. The van der Waals surface area contributed by atoms with Crippen molar-refractivity contribution in [2.45, 2.75) is 56.5 Å². The minimum atomic E-state index is -3.77. The molecule has 1 aliphatic carbocycles. The van der Waals surface area contributed by atoms with Crippen LogP contribution < -0.4 is 5.73 Å². The topological polar surface area (TPSA) is 132 Å². The van der Waals surface area contributed by atoms with Crippen LogP contribution in [-0.4, -0.2) is 65.4 Å². The molecular weight excluding hydrogens is 518 g/mol. The van der Waals surface area contributed by atoms with Gasteiger partial charge in [0.25, 0.3) is 0 Å². The van der Waals surface area contributed by atoms with Gasteiger partial charge in [-0.05, 0) is 62.1 Å². The molecule has 10 heteroatoms. The van der Waals surface area contributed by atoms with Gasteiger partial charge < -0.3 is 14.7 Å². The Morgan fingerprint density at radius 3 is 2.72 bits per heavy atom. The molecular formula is C29H32N3O6S. The summed E-state index contributed by atoms with van der Waals surface area (Å²) in [6.07, 6.45) is 3.44. The average molecular weight is 551 g/mol. The van der Waals surface area contributed by atoms with Gasteiger partial charge in [-0.1, -0.05) is 36.1 Å². The van der Waals surface area contributed by atoms with Crippen LogP contribution in [-0.2, 0) is 32.3 Å². The molecule has 3 N–H and O–H groups in total. The van der Waals surface area contributed by atoms with Crippen LogP contribution in [0.5, 0.6) is 0 Å². The molecule has 1 aromatic heterocycles. The van der Waals surface area contributed by atoms with Gasteiger partial charge in [-0.2, -0.15) is 0 Å². The summed E-state index contributed by atoms with van der Waals surface area (Å²) in [7, 11) is -3.77. The predicted octanol–water partition coefficient (Wildman–Crippen LogP) is 1.85. The van der Waals surface area contributed by atoms with Crippen molar-refractivity contribution in [3.63, 3.8) is 0 Å². The van der Waals surface area contributed by atoms with Crippen molar-refractivity contribution in [2.24, 2.45) is 11.1 Å². The Hall–Kier alpha value is -3.57. The molecule has 9 nitrogen and oxygen atoms in total. The van der Waals surface area contributed by atoms with Gasteiger partial charge in [0.05, 0.1) is 18.6 Å². The minimum Gasteiger partial charge on any atom is -0.445 e. The molecule has 1 amide bonds. The number of carbonyl (C=O) groups excluding carboxylic acids is 2. The number of aryl methyl sites for hydroxylation is 1. The second-order valence-corrected chi connectivity index (χ2v) is 12.8. The van der Waals surface area contributed by atoms with Gasteiger partial charge in [-0.3, -0.25) is 15.1 Å². The Morgan fingerprint density at radius 2 is 2.10 bits per heavy atom. The number of aromatic nitrogens is 1. The Morgan fingerprint density at radius 1 is 1.33 bits per heavy atom. The summed E-state index contributed by atoms with van der Waals surface area (Å²) in [6.45, 7) is 1.85. The normalized spacial score (nSPS) is 17.6. The third-order valence-corrected chi connectivity index (χ3v) is 9.57. The number of ether oxygens (including phenoxy) is 1. The molecule has 0 saturated heterocycles. The lowest BCUT2D eigenvalue weighted by Gasteiger charge is -2.34. The number of nitrogens with two attached hydrogens (primary N) is 1. The lowest BCUT2D eigenvalue weighted by Crippen LogP contribution is -2.54. The SMILES string of the molecule is C[C@@](CCN1Cc2cc(C#CC#CC3(CO)CC3)cn2C1=O)([C@H](N)OC(=O)CCc1[c]cccc1)S(C)(=O)=O. The number of aliphatic hydroxyl groups is 1. The van der Waals surface area contributed by atoms with Gasteiger partial charge in [0, 0.05) is 36.7 Å². The number of amides is 1. The number of benzene rings is 1. The molecule has 1 fully saturated rings. The molecule has 205 valence electrons. The van der Waals surface area contributed by atoms with Crippen molar-refractivity contribution in [1.82, 2.24) is 9.47 Å². The number of esters is 1. The summed E-state index contributed by atoms with van der Waals surface area (Å²) >= 11 is 0. The van der Waals surface area contributed by atoms with Crippen molar-refractivity contribution in [3.8, 4) is 23.7 Å². The van der Waals surface area contributed by atoms with E-state index in [9.17, 15) is 23.1 Å². The van der Waals surface area contributed by atoms with Crippen molar-refractivity contribution in [3.05, 3.63) is 59.4 Å². The average Bonchev–Trinajstić information content (AvgIpc) is 3.49. The maximum absolute atomic E-state index is 13.0. The van der Waals surface area contributed by atoms with Gasteiger partial charge in [0.15, 0.2) is 16.1 Å². The fourth-order valence-electron chi connectivity index (χ4n) is 4.25. The Bertz CT molecular complexity index is 1470. The van der Waals surface area contributed by atoms with Crippen LogP contribution in [0, 0.1) is 35.2 Å². The molecule has 1 aliphatic heterocycles. The van der Waals surface area contributed by atoms with Crippen LogP contribution in [0.1, 0.15) is 49.4 Å². The maximum Gasteiger partial charge on any atom is 0.328 e. The second-order valence-electron chi connectivity index (χ2n) is 10.4. The molecule has 2 heterocycles. The first kappa shape index (κ1) is 28.4. The third kappa shape index (κ3) is 6.54. The number of nitrogens with zero attached hydrogens (tertiary/aromatic N) is 2. The highest BCUT2D eigenvalue weighted by atomic mass is 32.2. The van der Waals surface area contributed by atoms with E-state index in [0.717, 1.165) is 30.4 Å². The van der Waals surface area contributed by atoms with E-state index in [1.54, 1.807) is 18.3 Å². The molecule has 0 bridgehead atoms. The first-order chi connectivity index (χ1) is 18.5. The lowest BCUT2D eigenvalue weighted by molar-refractivity contribution is -0.150. The van der Waals surface area contributed by atoms with Crippen molar-refractivity contribution < 1.29 is 27.9 Å². The van der Waals surface area contributed by atoms with Gasteiger partial charge in [-0.25, -0.2) is 13.2 Å². The lowest BCUT2D eigenvalue weighted by atomic mass is 10.0. The van der Waals surface area contributed by atoms with E-state index >= 15 is 0 Å². The first-order valence-electron chi connectivity index (χ1n) is 12.7. The van der Waals surface area contributed by atoms with Gasteiger partial charge in [-0.15, -0.1) is 0 Å². The van der Waals surface area contributed by atoms with Gasteiger partial charge >= 0.3 is 12.0 Å². The summed E-state index contributed by atoms with van der Waals surface area (Å²) in [4.78, 5) is 26.9. The van der Waals surface area contributed by atoms with Crippen LogP contribution in [0.2, 0.25) is 0 Å². The fraction of sp³-hybridized carbons (Fsp3) is 0.448. The molecule has 1 saturated carbocycles. The second kappa shape index (κ2) is 11.3. The van der Waals surface area contributed by atoms with E-state index in [0.29, 0.717) is 12.0 Å². The van der Waals surface area contributed by atoms with E-state index in [1.807, 2.05) is 18.2 Å². The Balaban J connectivity index is 1.35. The smallest absolute Gasteiger partial charge is 0.328 e. The largest absolute Gasteiger partial charge is 0.445 e. The number of rotatable bonds is 10. The highest BCUT2D eigenvalue weighted by Crippen LogP contribution is 2.44. The number of carbonyl (C=O) groups is 2. The number of hydrogen-bond acceptors (Lipinski definition) is 7. The molecule has 39 heavy (non-hydrogen) atoms. The summed E-state index contributed by atoms with van der Waals surface area (Å²) in [5.74, 6) is 10.9. The fourth-order valence-corrected chi connectivity index (χ4v) is 5.18. The van der Waals surface area contributed by atoms with E-state index in [1.165, 1.54) is 16.4 Å². The molecule has 2 aliphatic rings. The van der Waals surface area contributed by atoms with Crippen molar-refractivity contribution in [1.29, 1.82) is 0 Å². The van der Waals surface area contributed by atoms with Crippen molar-refractivity contribution >= 4 is 21.8 Å². The molecule has 0 unspecified atom stereocenters. The molecule has 4 rings (SSSR count). The number of hydrogen-bond donors (Lipinski definition) is 2. The quantitative estimate of drug-likeness (QED) is 0.262. The van der Waals surface area contributed by atoms with Crippen molar-refractivity contribution in [2.75, 3.05) is 19.4 Å². The third-order valence-electron chi connectivity index (χ3n) is 7.44. The molecule has 2 aromatic rings. The first-order valence-corrected chi connectivity index (χ1v) is 14.6. The van der Waals surface area contributed by atoms with Crippen LogP contribution in [0.25, 0.3) is 0 Å². The zero-order chi connectivity index (χ0) is 28.3. The number of sulfone groups is 1. The van der Waals surface area contributed by atoms with Crippen LogP contribution in [0.4, 0.5) is 4.79 Å². The van der Waals surface area contributed by atoms with Crippen LogP contribution in [0.3, 0.4) is 0 Å². The summed E-state index contributed by atoms with van der Waals surface area (Å²) in [6, 6.07) is 11.8. The van der Waals surface area contributed by atoms with Gasteiger partial charge in [0.2, 0.25) is 0 Å². The molecule has 1 radical (unpaired) electrons. The predicted molar refractivity (Wildman–Crippen MR) is 145 cm³/mol. The zero-order valence-corrected chi connectivity index (χ0v) is 22.9. The van der Waals surface area contributed by atoms with Crippen LogP contribution >= 0.6 is 0 Å². The Labute approximate surface area is 229 Å². The van der Waals surface area contributed by atoms with E-state index < -0.39 is 26.8 Å². The van der Waals surface area contributed by atoms with E-state index in [-0.39, 0.29) is 44.0 Å². The number of fused-ring (bicyclic) bond motifs is 1. The molecule has 1 aromatic carbocycles. The molecule has 0 spiro atoms. The summed E-state index contributed by atoms with van der Waals surface area (Å²) < 4.78 is 30.7.